The van der Waals surface area contributed by atoms with Crippen molar-refractivity contribution in [1.82, 2.24) is 4.57 Å². The lowest BCUT2D eigenvalue weighted by molar-refractivity contribution is -0.112. The van der Waals surface area contributed by atoms with Crippen LogP contribution in [0.15, 0.2) is 54.1 Å². The first-order chi connectivity index (χ1) is 14.8. The summed E-state index contributed by atoms with van der Waals surface area (Å²) >= 11 is 6.30. The van der Waals surface area contributed by atoms with Crippen LogP contribution in [-0.2, 0) is 4.79 Å². The van der Waals surface area contributed by atoms with Crippen LogP contribution < -0.4 is 10.1 Å². The number of carbonyl (C=O) groups excluding carboxylic acids is 1. The van der Waals surface area contributed by atoms with Gasteiger partial charge in [-0.1, -0.05) is 23.7 Å². The third-order valence-electron chi connectivity index (χ3n) is 5.02. The van der Waals surface area contributed by atoms with Gasteiger partial charge in [0.15, 0.2) is 0 Å². The van der Waals surface area contributed by atoms with Crippen LogP contribution in [0.2, 0.25) is 5.02 Å². The lowest BCUT2D eigenvalue weighted by atomic mass is 10.1. The van der Waals surface area contributed by atoms with Gasteiger partial charge < -0.3 is 14.6 Å². The van der Waals surface area contributed by atoms with Gasteiger partial charge in [0, 0.05) is 33.9 Å². The van der Waals surface area contributed by atoms with Crippen molar-refractivity contribution in [2.45, 2.75) is 27.7 Å². The maximum absolute atomic E-state index is 12.7. The van der Waals surface area contributed by atoms with E-state index in [1.54, 1.807) is 24.3 Å². The normalized spacial score (nSPS) is 11.2. The highest BCUT2D eigenvalue weighted by Gasteiger charge is 2.15. The van der Waals surface area contributed by atoms with Crippen LogP contribution in [0.1, 0.15) is 29.4 Å². The highest BCUT2D eigenvalue weighted by molar-refractivity contribution is 6.31. The van der Waals surface area contributed by atoms with Gasteiger partial charge in [-0.05, 0) is 75.2 Å². The third kappa shape index (κ3) is 4.82. The number of nitriles is 1. The second kappa shape index (κ2) is 9.55. The number of benzene rings is 2. The Kier molecular flexibility index (Phi) is 6.84. The Morgan fingerprint density at radius 3 is 2.65 bits per heavy atom. The fraction of sp³-hybridized carbons (Fsp3) is 0.200. The van der Waals surface area contributed by atoms with Crippen molar-refractivity contribution in [2.24, 2.45) is 0 Å². The molecule has 0 bridgehead atoms. The molecule has 1 heterocycles. The molecule has 1 aromatic heterocycles. The zero-order valence-electron chi connectivity index (χ0n) is 18.0. The number of aryl methyl sites for hydroxylation is 1. The predicted octanol–water partition coefficient (Wildman–Crippen LogP) is 6.00. The van der Waals surface area contributed by atoms with Gasteiger partial charge in [-0.3, -0.25) is 4.79 Å². The summed E-state index contributed by atoms with van der Waals surface area (Å²) in [6.45, 7) is 8.33. The van der Waals surface area contributed by atoms with Crippen molar-refractivity contribution in [3.05, 3.63) is 81.6 Å². The van der Waals surface area contributed by atoms with Crippen LogP contribution >= 0.6 is 11.6 Å². The summed E-state index contributed by atoms with van der Waals surface area (Å²) in [5, 5.41) is 13.1. The Hall–Kier alpha value is -3.49. The molecule has 1 N–H and O–H groups in total. The fourth-order valence-corrected chi connectivity index (χ4v) is 3.65. The molecule has 1 amide bonds. The number of hydrogen-bond acceptors (Lipinski definition) is 3. The van der Waals surface area contributed by atoms with E-state index in [0.717, 1.165) is 28.2 Å². The van der Waals surface area contributed by atoms with Crippen molar-refractivity contribution in [3.63, 3.8) is 0 Å². The van der Waals surface area contributed by atoms with Gasteiger partial charge in [0.25, 0.3) is 5.91 Å². The summed E-state index contributed by atoms with van der Waals surface area (Å²) in [6.07, 6.45) is 1.61. The lowest BCUT2D eigenvalue weighted by Gasteiger charge is -2.13. The minimum atomic E-state index is -0.472. The lowest BCUT2D eigenvalue weighted by Crippen LogP contribution is -2.13. The number of carbonyl (C=O) groups is 1. The van der Waals surface area contributed by atoms with E-state index in [1.165, 1.54) is 0 Å². The number of nitrogens with one attached hydrogen (secondary N) is 1. The Morgan fingerprint density at radius 1 is 1.19 bits per heavy atom. The smallest absolute Gasteiger partial charge is 0.266 e. The topological polar surface area (TPSA) is 67.0 Å². The van der Waals surface area contributed by atoms with Gasteiger partial charge in [-0.15, -0.1) is 0 Å². The zero-order chi connectivity index (χ0) is 22.5. The Morgan fingerprint density at radius 2 is 1.94 bits per heavy atom. The SMILES string of the molecule is CCOc1cccc(NC(=O)/C(C#N)=C\c2cc(C)n(-c3cccc(Cl)c3C)c2C)c1. The van der Waals surface area contributed by atoms with E-state index in [4.69, 9.17) is 16.3 Å². The molecule has 0 saturated heterocycles. The first kappa shape index (κ1) is 22.2. The number of aromatic nitrogens is 1. The van der Waals surface area contributed by atoms with E-state index in [9.17, 15) is 10.1 Å². The molecule has 0 aliphatic carbocycles. The van der Waals surface area contributed by atoms with Crippen LogP contribution in [0.4, 0.5) is 5.69 Å². The van der Waals surface area contributed by atoms with Crippen LogP contribution in [0.25, 0.3) is 11.8 Å². The van der Waals surface area contributed by atoms with Crippen molar-refractivity contribution >= 4 is 29.3 Å². The number of ether oxygens (including phenoxy) is 1. The molecule has 0 atom stereocenters. The van der Waals surface area contributed by atoms with Crippen LogP contribution in [0, 0.1) is 32.1 Å². The van der Waals surface area contributed by atoms with Gasteiger partial charge in [-0.25, -0.2) is 0 Å². The standard InChI is InChI=1S/C25H24ClN3O2/c1-5-31-22-9-6-8-21(14-22)28-25(30)20(15-27)13-19-12-16(2)29(18(19)4)24-11-7-10-23(26)17(24)3/h6-14H,5H2,1-4H3,(H,28,30)/b20-13-. The Labute approximate surface area is 187 Å². The Balaban J connectivity index is 1.93. The molecule has 0 aliphatic rings. The summed E-state index contributed by atoms with van der Waals surface area (Å²) in [7, 11) is 0. The van der Waals surface area contributed by atoms with Gasteiger partial charge in [0.1, 0.15) is 17.4 Å². The van der Waals surface area contributed by atoms with Crippen LogP contribution in [-0.4, -0.2) is 17.1 Å². The zero-order valence-corrected chi connectivity index (χ0v) is 18.7. The number of amides is 1. The van der Waals surface area contributed by atoms with Gasteiger partial charge in [0.2, 0.25) is 0 Å². The molecule has 0 saturated carbocycles. The molecule has 2 aromatic carbocycles. The average Bonchev–Trinajstić information content (AvgIpc) is 3.01. The summed E-state index contributed by atoms with van der Waals surface area (Å²) in [6, 6.07) is 16.8. The molecule has 31 heavy (non-hydrogen) atoms. The second-order valence-electron chi connectivity index (χ2n) is 7.13. The molecule has 6 heteroatoms. The number of rotatable bonds is 6. The average molecular weight is 434 g/mol. The van der Waals surface area contributed by atoms with Crippen molar-refractivity contribution < 1.29 is 9.53 Å². The maximum atomic E-state index is 12.7. The molecule has 0 unspecified atom stereocenters. The highest BCUT2D eigenvalue weighted by atomic mass is 35.5. The number of nitrogens with zero attached hydrogens (tertiary/aromatic N) is 2. The van der Waals surface area contributed by atoms with E-state index >= 15 is 0 Å². The molecule has 0 radical (unpaired) electrons. The molecule has 0 spiro atoms. The molecule has 5 nitrogen and oxygen atoms in total. The maximum Gasteiger partial charge on any atom is 0.266 e. The predicted molar refractivity (Wildman–Crippen MR) is 125 cm³/mol. The second-order valence-corrected chi connectivity index (χ2v) is 7.54. The molecule has 158 valence electrons. The quantitative estimate of drug-likeness (QED) is 0.383. The monoisotopic (exact) mass is 433 g/mol. The van der Waals surface area contributed by atoms with Gasteiger partial charge >= 0.3 is 0 Å². The molecule has 0 fully saturated rings. The fourth-order valence-electron chi connectivity index (χ4n) is 3.48. The first-order valence-electron chi connectivity index (χ1n) is 9.96. The largest absolute Gasteiger partial charge is 0.494 e. The molecule has 3 rings (SSSR count). The first-order valence-corrected chi connectivity index (χ1v) is 10.3. The number of hydrogen-bond donors (Lipinski definition) is 1. The third-order valence-corrected chi connectivity index (χ3v) is 5.43. The van der Waals surface area contributed by atoms with E-state index < -0.39 is 5.91 Å². The molecular weight excluding hydrogens is 410 g/mol. The van der Waals surface area contributed by atoms with Gasteiger partial charge in [0.05, 0.1) is 6.61 Å². The van der Waals surface area contributed by atoms with Crippen LogP contribution in [0.3, 0.4) is 0 Å². The van der Waals surface area contributed by atoms with Crippen molar-refractivity contribution in [1.29, 1.82) is 5.26 Å². The van der Waals surface area contributed by atoms with Crippen molar-refractivity contribution in [3.8, 4) is 17.5 Å². The molecule has 3 aromatic rings. The minimum absolute atomic E-state index is 0.0184. The summed E-state index contributed by atoms with van der Waals surface area (Å²) in [4.78, 5) is 12.7. The summed E-state index contributed by atoms with van der Waals surface area (Å²) in [5.41, 5.74) is 5.22. The van der Waals surface area contributed by atoms with E-state index in [0.29, 0.717) is 23.1 Å². The molecule has 0 aliphatic heterocycles. The van der Waals surface area contributed by atoms with E-state index in [1.807, 2.05) is 64.1 Å². The van der Waals surface area contributed by atoms with E-state index in [-0.39, 0.29) is 5.57 Å². The van der Waals surface area contributed by atoms with E-state index in [2.05, 4.69) is 9.88 Å². The summed E-state index contributed by atoms with van der Waals surface area (Å²) in [5.74, 6) is 0.183. The van der Waals surface area contributed by atoms with Crippen molar-refractivity contribution in [2.75, 3.05) is 11.9 Å². The molecular formula is C25H24ClN3O2. The highest BCUT2D eigenvalue weighted by Crippen LogP contribution is 2.28. The number of anilines is 1. The minimum Gasteiger partial charge on any atom is -0.494 e. The number of halogens is 1. The Bertz CT molecular complexity index is 1200. The van der Waals surface area contributed by atoms with Crippen LogP contribution in [0.5, 0.6) is 5.75 Å². The summed E-state index contributed by atoms with van der Waals surface area (Å²) < 4.78 is 7.53. The van der Waals surface area contributed by atoms with Gasteiger partial charge in [-0.2, -0.15) is 5.26 Å².